The molecule has 0 aliphatic heterocycles. The summed E-state index contributed by atoms with van der Waals surface area (Å²) in [6.45, 7) is 2.09. The number of hydrogen-bond acceptors (Lipinski definition) is 3. The first-order valence-corrected chi connectivity index (χ1v) is 6.24. The van der Waals surface area contributed by atoms with Gasteiger partial charge in [-0.3, -0.25) is 0 Å². The van der Waals surface area contributed by atoms with E-state index in [4.69, 9.17) is 16.0 Å². The van der Waals surface area contributed by atoms with E-state index in [1.807, 2.05) is 0 Å². The van der Waals surface area contributed by atoms with Crippen LogP contribution in [-0.4, -0.2) is 16.1 Å². The van der Waals surface area contributed by atoms with E-state index < -0.39 is 0 Å². The van der Waals surface area contributed by atoms with Gasteiger partial charge in [0.1, 0.15) is 0 Å². The van der Waals surface area contributed by atoms with Gasteiger partial charge in [0, 0.05) is 18.7 Å². The van der Waals surface area contributed by atoms with E-state index in [9.17, 15) is 0 Å². The van der Waals surface area contributed by atoms with Crippen molar-refractivity contribution in [1.82, 2.24) is 10.2 Å². The third-order valence-corrected chi connectivity index (χ3v) is 2.72. The lowest BCUT2D eigenvalue weighted by atomic mass is 10.1. The summed E-state index contributed by atoms with van der Waals surface area (Å²) in [5.41, 5.74) is 2.57. The largest absolute Gasteiger partial charge is 0.425 e. The summed E-state index contributed by atoms with van der Waals surface area (Å²) in [5, 5.41) is 7.93. The van der Waals surface area contributed by atoms with Gasteiger partial charge in [0.2, 0.25) is 11.8 Å². The van der Waals surface area contributed by atoms with Crippen molar-refractivity contribution in [2.45, 2.75) is 26.2 Å². The van der Waals surface area contributed by atoms with E-state index >= 15 is 0 Å². The van der Waals surface area contributed by atoms with Crippen molar-refractivity contribution in [2.75, 3.05) is 5.88 Å². The number of halogens is 1. The molecule has 0 N–H and O–H groups in total. The lowest BCUT2D eigenvalue weighted by Gasteiger charge is -1.99. The number of aromatic nitrogens is 2. The van der Waals surface area contributed by atoms with E-state index in [2.05, 4.69) is 41.4 Å². The normalized spacial score (nSPS) is 10.7. The van der Waals surface area contributed by atoms with Crippen LogP contribution in [0.25, 0.3) is 0 Å². The summed E-state index contributed by atoms with van der Waals surface area (Å²) in [6, 6.07) is 8.45. The third kappa shape index (κ3) is 3.56. The van der Waals surface area contributed by atoms with Crippen LogP contribution < -0.4 is 0 Å². The summed E-state index contributed by atoms with van der Waals surface area (Å²) in [7, 11) is 0. The quantitative estimate of drug-likeness (QED) is 0.766. The maximum absolute atomic E-state index is 5.61. The number of alkyl halides is 1. The molecule has 1 aromatic carbocycles. The molecule has 0 aliphatic carbocycles. The van der Waals surface area contributed by atoms with Crippen LogP contribution >= 0.6 is 11.6 Å². The number of nitrogens with zero attached hydrogens (tertiary/aromatic N) is 2. The van der Waals surface area contributed by atoms with Crippen molar-refractivity contribution in [3.63, 3.8) is 0 Å². The molecule has 0 fully saturated rings. The molecule has 0 radical (unpaired) electrons. The SMILES string of the molecule is Cc1cccc(CCc2nnc(CCCl)o2)c1. The number of aryl methyl sites for hydroxylation is 4. The molecule has 0 bridgehead atoms. The van der Waals surface area contributed by atoms with Crippen LogP contribution in [0.1, 0.15) is 22.9 Å². The van der Waals surface area contributed by atoms with E-state index in [-0.39, 0.29) is 0 Å². The van der Waals surface area contributed by atoms with Crippen LogP contribution in [0.4, 0.5) is 0 Å². The fraction of sp³-hybridized carbons (Fsp3) is 0.385. The van der Waals surface area contributed by atoms with Gasteiger partial charge in [-0.1, -0.05) is 29.8 Å². The van der Waals surface area contributed by atoms with Crippen LogP contribution in [0, 0.1) is 6.92 Å². The van der Waals surface area contributed by atoms with E-state index in [1.165, 1.54) is 11.1 Å². The third-order valence-electron chi connectivity index (χ3n) is 2.53. The lowest BCUT2D eigenvalue weighted by Crippen LogP contribution is -1.92. The van der Waals surface area contributed by atoms with E-state index in [0.29, 0.717) is 24.1 Å². The first-order chi connectivity index (χ1) is 8.28. The van der Waals surface area contributed by atoms with Gasteiger partial charge in [-0.05, 0) is 18.9 Å². The average Bonchev–Trinajstić information content (AvgIpc) is 2.75. The Labute approximate surface area is 106 Å². The highest BCUT2D eigenvalue weighted by Crippen LogP contribution is 2.09. The Kier molecular flexibility index (Phi) is 4.15. The molecule has 1 aromatic heterocycles. The van der Waals surface area contributed by atoms with Crippen LogP contribution in [0.2, 0.25) is 0 Å². The van der Waals surface area contributed by atoms with Crippen molar-refractivity contribution < 1.29 is 4.42 Å². The predicted molar refractivity (Wildman–Crippen MR) is 67.3 cm³/mol. The van der Waals surface area contributed by atoms with Crippen LogP contribution in [-0.2, 0) is 19.3 Å². The fourth-order valence-electron chi connectivity index (χ4n) is 1.69. The molecule has 0 atom stereocenters. The van der Waals surface area contributed by atoms with Gasteiger partial charge < -0.3 is 4.42 Å². The van der Waals surface area contributed by atoms with Crippen molar-refractivity contribution in [2.24, 2.45) is 0 Å². The number of rotatable bonds is 5. The molecular formula is C13H15ClN2O. The van der Waals surface area contributed by atoms with Gasteiger partial charge in [0.25, 0.3) is 0 Å². The minimum atomic E-state index is 0.513. The number of benzene rings is 1. The molecule has 3 nitrogen and oxygen atoms in total. The first kappa shape index (κ1) is 12.1. The average molecular weight is 251 g/mol. The summed E-state index contributed by atoms with van der Waals surface area (Å²) >= 11 is 5.61. The molecule has 17 heavy (non-hydrogen) atoms. The summed E-state index contributed by atoms with van der Waals surface area (Å²) in [4.78, 5) is 0. The Morgan fingerprint density at radius 3 is 2.59 bits per heavy atom. The van der Waals surface area contributed by atoms with Crippen molar-refractivity contribution in [1.29, 1.82) is 0 Å². The van der Waals surface area contributed by atoms with Gasteiger partial charge in [-0.25, -0.2) is 0 Å². The molecule has 90 valence electrons. The van der Waals surface area contributed by atoms with Crippen molar-refractivity contribution in [3.8, 4) is 0 Å². The van der Waals surface area contributed by atoms with Gasteiger partial charge >= 0.3 is 0 Å². The second-order valence-corrected chi connectivity index (χ2v) is 4.40. The standard InChI is InChI=1S/C13H15ClN2O/c1-10-3-2-4-11(9-10)5-6-12-15-16-13(17-12)7-8-14/h2-4,9H,5-8H2,1H3. The zero-order valence-electron chi connectivity index (χ0n) is 9.82. The van der Waals surface area contributed by atoms with E-state index in [1.54, 1.807) is 0 Å². The highest BCUT2D eigenvalue weighted by atomic mass is 35.5. The molecule has 0 spiro atoms. The van der Waals surface area contributed by atoms with E-state index in [0.717, 1.165) is 12.8 Å². The monoisotopic (exact) mass is 250 g/mol. The molecule has 0 saturated carbocycles. The molecule has 2 rings (SSSR count). The second kappa shape index (κ2) is 5.82. The Bertz CT molecular complexity index is 482. The summed E-state index contributed by atoms with van der Waals surface area (Å²) in [6.07, 6.45) is 2.34. The van der Waals surface area contributed by atoms with Crippen LogP contribution in [0.15, 0.2) is 28.7 Å². The van der Waals surface area contributed by atoms with Crippen LogP contribution in [0.3, 0.4) is 0 Å². The first-order valence-electron chi connectivity index (χ1n) is 5.70. The Hall–Kier alpha value is -1.35. The van der Waals surface area contributed by atoms with Crippen molar-refractivity contribution >= 4 is 11.6 Å². The molecule has 2 aromatic rings. The zero-order valence-corrected chi connectivity index (χ0v) is 10.6. The molecule has 0 amide bonds. The van der Waals surface area contributed by atoms with Gasteiger partial charge in [-0.2, -0.15) is 0 Å². The Morgan fingerprint density at radius 2 is 1.88 bits per heavy atom. The van der Waals surface area contributed by atoms with Gasteiger partial charge in [0.15, 0.2) is 0 Å². The molecular weight excluding hydrogens is 236 g/mol. The summed E-state index contributed by atoms with van der Waals surface area (Å²) < 4.78 is 5.47. The minimum Gasteiger partial charge on any atom is -0.425 e. The Balaban J connectivity index is 1.93. The maximum Gasteiger partial charge on any atom is 0.217 e. The van der Waals surface area contributed by atoms with Crippen LogP contribution in [0.5, 0.6) is 0 Å². The molecule has 0 unspecified atom stereocenters. The molecule has 1 heterocycles. The topological polar surface area (TPSA) is 38.9 Å². The fourth-order valence-corrected chi connectivity index (χ4v) is 1.85. The summed E-state index contributed by atoms with van der Waals surface area (Å²) in [5.74, 6) is 1.82. The predicted octanol–water partition coefficient (Wildman–Crippen LogP) is 2.94. The molecule has 4 heteroatoms. The minimum absolute atomic E-state index is 0.513. The zero-order chi connectivity index (χ0) is 12.1. The number of hydrogen-bond donors (Lipinski definition) is 0. The molecule has 0 aliphatic rings. The highest BCUT2D eigenvalue weighted by Gasteiger charge is 2.05. The molecule has 0 saturated heterocycles. The smallest absolute Gasteiger partial charge is 0.217 e. The van der Waals surface area contributed by atoms with Gasteiger partial charge in [-0.15, -0.1) is 21.8 Å². The van der Waals surface area contributed by atoms with Gasteiger partial charge in [0.05, 0.1) is 0 Å². The lowest BCUT2D eigenvalue weighted by molar-refractivity contribution is 0.454. The van der Waals surface area contributed by atoms with Crippen molar-refractivity contribution in [3.05, 3.63) is 47.2 Å². The maximum atomic E-state index is 5.61. The Morgan fingerprint density at radius 1 is 1.12 bits per heavy atom. The second-order valence-electron chi connectivity index (χ2n) is 4.02. The highest BCUT2D eigenvalue weighted by molar-refractivity contribution is 6.17.